The van der Waals surface area contributed by atoms with Crippen molar-refractivity contribution in [1.29, 1.82) is 0 Å². The number of fused-ring (bicyclic) bond motifs is 2. The van der Waals surface area contributed by atoms with Crippen molar-refractivity contribution < 1.29 is 13.9 Å². The van der Waals surface area contributed by atoms with E-state index in [1.165, 1.54) is 6.39 Å². The molecule has 2 saturated heterocycles. The Bertz CT molecular complexity index is 997. The van der Waals surface area contributed by atoms with Gasteiger partial charge in [0.2, 0.25) is 12.3 Å². The Morgan fingerprint density at radius 2 is 2.07 bits per heavy atom. The maximum Gasteiger partial charge on any atom is 0.247 e. The molecule has 0 amide bonds. The summed E-state index contributed by atoms with van der Waals surface area (Å²) < 4.78 is 20.0. The minimum atomic E-state index is -0.929. The zero-order valence-electron chi connectivity index (χ0n) is 15.9. The Morgan fingerprint density at radius 3 is 2.79 bits per heavy atom. The first kappa shape index (κ1) is 18.0. The monoisotopic (exact) mass is 396 g/mol. The molecule has 5 rings (SSSR count). The van der Waals surface area contributed by atoms with Crippen molar-refractivity contribution in [2.75, 3.05) is 11.9 Å². The number of benzene rings is 1. The largest absolute Gasteiger partial charge is 0.507 e. The summed E-state index contributed by atoms with van der Waals surface area (Å²) in [6, 6.07) is 8.73. The summed E-state index contributed by atoms with van der Waals surface area (Å²) in [5.41, 5.74) is 1.68. The summed E-state index contributed by atoms with van der Waals surface area (Å²) in [7, 11) is 1.86. The predicted molar refractivity (Wildman–Crippen MR) is 104 cm³/mol. The fourth-order valence-corrected chi connectivity index (χ4v) is 4.36. The van der Waals surface area contributed by atoms with Crippen molar-refractivity contribution in [3.63, 3.8) is 0 Å². The van der Waals surface area contributed by atoms with E-state index in [0.29, 0.717) is 34.6 Å². The van der Waals surface area contributed by atoms with Crippen molar-refractivity contribution >= 4 is 5.82 Å². The molecule has 4 heterocycles. The second kappa shape index (κ2) is 7.07. The van der Waals surface area contributed by atoms with Gasteiger partial charge in [0.25, 0.3) is 0 Å². The first-order valence-corrected chi connectivity index (χ1v) is 9.67. The van der Waals surface area contributed by atoms with Crippen LogP contribution >= 0.6 is 0 Å². The lowest BCUT2D eigenvalue weighted by Crippen LogP contribution is -2.55. The van der Waals surface area contributed by atoms with Crippen LogP contribution in [0.5, 0.6) is 5.75 Å². The van der Waals surface area contributed by atoms with Gasteiger partial charge in [-0.3, -0.25) is 0 Å². The molecule has 0 radical (unpaired) electrons. The quantitative estimate of drug-likeness (QED) is 0.694. The van der Waals surface area contributed by atoms with Gasteiger partial charge < -0.3 is 19.7 Å². The number of nitrogens with zero attached hydrogens (tertiary/aromatic N) is 5. The smallest absolute Gasteiger partial charge is 0.247 e. The highest BCUT2D eigenvalue weighted by Crippen LogP contribution is 2.34. The van der Waals surface area contributed by atoms with Gasteiger partial charge >= 0.3 is 0 Å². The number of halogens is 1. The number of hydrogen-bond acceptors (Lipinski definition) is 8. The van der Waals surface area contributed by atoms with Gasteiger partial charge in [0, 0.05) is 30.3 Å². The molecule has 2 aliphatic heterocycles. The van der Waals surface area contributed by atoms with E-state index >= 15 is 0 Å². The number of phenols is 1. The Kier molecular flexibility index (Phi) is 4.39. The van der Waals surface area contributed by atoms with E-state index < -0.39 is 6.17 Å². The molecular formula is C20H21FN6O2. The van der Waals surface area contributed by atoms with Gasteiger partial charge in [0.05, 0.1) is 11.7 Å². The van der Waals surface area contributed by atoms with E-state index in [1.807, 2.05) is 18.0 Å². The van der Waals surface area contributed by atoms with E-state index in [0.717, 1.165) is 19.3 Å². The molecule has 0 saturated carbocycles. The molecule has 0 aliphatic carbocycles. The molecule has 2 bridgehead atoms. The van der Waals surface area contributed by atoms with Gasteiger partial charge in [-0.25, -0.2) is 4.39 Å². The number of piperidine rings is 1. The number of anilines is 1. The maximum atomic E-state index is 14.8. The highest BCUT2D eigenvalue weighted by Gasteiger charge is 2.43. The molecule has 9 heteroatoms. The van der Waals surface area contributed by atoms with Crippen molar-refractivity contribution in [2.24, 2.45) is 0 Å². The third-order valence-electron chi connectivity index (χ3n) is 5.94. The van der Waals surface area contributed by atoms with E-state index in [1.54, 1.807) is 24.3 Å². The third kappa shape index (κ3) is 3.21. The van der Waals surface area contributed by atoms with Gasteiger partial charge in [-0.15, -0.1) is 20.4 Å². The highest BCUT2D eigenvalue weighted by molar-refractivity contribution is 5.71. The normalized spacial score (nSPS) is 25.9. The van der Waals surface area contributed by atoms with Crippen molar-refractivity contribution in [2.45, 2.75) is 43.6 Å². The lowest BCUT2D eigenvalue weighted by atomic mass is 9.96. The number of aromatic nitrogens is 4. The van der Waals surface area contributed by atoms with Gasteiger partial charge in [-0.2, -0.15) is 0 Å². The molecule has 2 aliphatic rings. The summed E-state index contributed by atoms with van der Waals surface area (Å²) in [5, 5.41) is 29.8. The molecule has 29 heavy (non-hydrogen) atoms. The summed E-state index contributed by atoms with van der Waals surface area (Å²) in [6.45, 7) is 0. The van der Waals surface area contributed by atoms with Crippen LogP contribution in [0.15, 0.2) is 41.1 Å². The lowest BCUT2D eigenvalue weighted by molar-refractivity contribution is 0.176. The van der Waals surface area contributed by atoms with Crippen LogP contribution in [0.1, 0.15) is 19.3 Å². The molecule has 2 N–H and O–H groups in total. The molecule has 8 nitrogen and oxygen atoms in total. The van der Waals surface area contributed by atoms with E-state index in [-0.39, 0.29) is 17.8 Å². The second-order valence-electron chi connectivity index (χ2n) is 7.66. The first-order valence-electron chi connectivity index (χ1n) is 9.67. The van der Waals surface area contributed by atoms with Gasteiger partial charge in [0.1, 0.15) is 11.9 Å². The van der Waals surface area contributed by atoms with E-state index in [4.69, 9.17) is 4.42 Å². The maximum absolute atomic E-state index is 14.8. The zero-order chi connectivity index (χ0) is 20.0. The van der Waals surface area contributed by atoms with Crippen LogP contribution in [0.3, 0.4) is 0 Å². The second-order valence-corrected chi connectivity index (χ2v) is 7.66. The summed E-state index contributed by atoms with van der Waals surface area (Å²) >= 11 is 0. The highest BCUT2D eigenvalue weighted by atomic mass is 19.1. The number of aromatic hydroxyl groups is 1. The van der Waals surface area contributed by atoms with Crippen molar-refractivity contribution in [3.8, 4) is 28.5 Å². The first-order chi connectivity index (χ1) is 14.1. The van der Waals surface area contributed by atoms with E-state index in [2.05, 4.69) is 25.7 Å². The standard InChI is InChI=1S/C20H21FN6O2/c1-27(16-9-12-3-5-15(23-12)19(16)21)18-7-6-14(24-25-18)13-4-2-11(8-17(13)28)20-26-22-10-29-20/h2,4,6-8,10,12,15-16,19,23,28H,3,5,9H2,1H3/t12?,15?,16-,19+/m1/s1. The molecule has 0 spiro atoms. The zero-order valence-corrected chi connectivity index (χ0v) is 15.9. The molecule has 2 unspecified atom stereocenters. The van der Waals surface area contributed by atoms with Crippen LogP contribution < -0.4 is 10.2 Å². The van der Waals surface area contributed by atoms with Crippen LogP contribution in [-0.2, 0) is 0 Å². The molecule has 2 aromatic heterocycles. The number of phenolic OH excluding ortho intramolecular Hbond substituents is 1. The van der Waals surface area contributed by atoms with Crippen LogP contribution in [-0.4, -0.2) is 56.8 Å². The molecule has 150 valence electrons. The number of nitrogens with one attached hydrogen (secondary N) is 1. The Labute approximate surface area is 166 Å². The van der Waals surface area contributed by atoms with E-state index in [9.17, 15) is 9.50 Å². The summed E-state index contributed by atoms with van der Waals surface area (Å²) in [6.07, 6.45) is 2.98. The minimum absolute atomic E-state index is 0.0369. The Hall–Kier alpha value is -3.07. The number of rotatable bonds is 4. The van der Waals surface area contributed by atoms with Gasteiger partial charge in [-0.05, 0) is 49.6 Å². The predicted octanol–water partition coefficient (Wildman–Crippen LogP) is 2.57. The van der Waals surface area contributed by atoms with Crippen LogP contribution in [0, 0.1) is 0 Å². The Balaban J connectivity index is 1.36. The Morgan fingerprint density at radius 1 is 1.17 bits per heavy atom. The topological polar surface area (TPSA) is 100 Å². The average Bonchev–Trinajstić information content (AvgIpc) is 3.41. The molecular weight excluding hydrogens is 375 g/mol. The van der Waals surface area contributed by atoms with Gasteiger partial charge in [0.15, 0.2) is 5.82 Å². The van der Waals surface area contributed by atoms with Crippen LogP contribution in [0.2, 0.25) is 0 Å². The minimum Gasteiger partial charge on any atom is -0.507 e. The molecule has 4 atom stereocenters. The number of alkyl halides is 1. The van der Waals surface area contributed by atoms with Crippen LogP contribution in [0.25, 0.3) is 22.7 Å². The summed E-state index contributed by atoms with van der Waals surface area (Å²) in [4.78, 5) is 1.88. The fraction of sp³-hybridized carbons (Fsp3) is 0.400. The SMILES string of the molecule is CN(c1ccc(-c2ccc(-c3nnco3)cc2O)nn1)[C@@H]1CC2CCC(N2)[C@@H]1F. The summed E-state index contributed by atoms with van der Waals surface area (Å²) in [5.74, 6) is 0.978. The molecule has 3 aromatic rings. The average molecular weight is 396 g/mol. The third-order valence-corrected chi connectivity index (χ3v) is 5.94. The van der Waals surface area contributed by atoms with Crippen LogP contribution in [0.4, 0.5) is 10.2 Å². The van der Waals surface area contributed by atoms with Crippen molar-refractivity contribution in [3.05, 3.63) is 36.7 Å². The fourth-order valence-electron chi connectivity index (χ4n) is 4.36. The number of hydrogen-bond donors (Lipinski definition) is 2. The molecule has 1 aromatic carbocycles. The lowest BCUT2D eigenvalue weighted by Gasteiger charge is -2.38. The molecule has 2 fully saturated rings. The van der Waals surface area contributed by atoms with Gasteiger partial charge in [-0.1, -0.05) is 0 Å². The van der Waals surface area contributed by atoms with Crippen molar-refractivity contribution in [1.82, 2.24) is 25.7 Å².